The molecular formula is C17H16N4S. The number of benzene rings is 2. The van der Waals surface area contributed by atoms with Crippen molar-refractivity contribution in [2.24, 2.45) is 5.10 Å². The van der Waals surface area contributed by atoms with Crippen LogP contribution in [0.4, 0.5) is 5.69 Å². The maximum absolute atomic E-state index is 8.74. The maximum Gasteiger partial charge on any atom is 0.191 e. The van der Waals surface area contributed by atoms with Gasteiger partial charge in [0.15, 0.2) is 5.11 Å². The lowest BCUT2D eigenvalue weighted by molar-refractivity contribution is 1.05. The molecule has 0 aliphatic carbocycles. The van der Waals surface area contributed by atoms with E-state index in [-0.39, 0.29) is 0 Å². The van der Waals surface area contributed by atoms with Gasteiger partial charge in [0, 0.05) is 5.69 Å². The van der Waals surface area contributed by atoms with Crippen LogP contribution >= 0.6 is 12.2 Å². The van der Waals surface area contributed by atoms with Crippen LogP contribution in [0.2, 0.25) is 0 Å². The zero-order chi connectivity index (χ0) is 15.9. The highest BCUT2D eigenvalue weighted by atomic mass is 32.1. The molecule has 4 nitrogen and oxygen atoms in total. The fourth-order valence-corrected chi connectivity index (χ4v) is 2.12. The van der Waals surface area contributed by atoms with E-state index in [2.05, 4.69) is 21.9 Å². The number of para-hydroxylation sites is 1. The summed E-state index contributed by atoms with van der Waals surface area (Å²) in [7, 11) is 0. The molecule has 0 aliphatic heterocycles. The van der Waals surface area contributed by atoms with Crippen LogP contribution in [-0.4, -0.2) is 11.3 Å². The lowest BCUT2D eigenvalue weighted by atomic mass is 10.1. The minimum absolute atomic E-state index is 0.433. The Kier molecular flexibility index (Phi) is 5.23. The van der Waals surface area contributed by atoms with E-state index < -0.39 is 0 Å². The normalized spacial score (nSPS) is 10.2. The number of nitriles is 1. The molecule has 0 saturated heterocycles. The fraction of sp³-hybridized carbons (Fsp3) is 0.118. The first-order valence-electron chi connectivity index (χ1n) is 6.76. The van der Waals surface area contributed by atoms with Gasteiger partial charge in [-0.15, -0.1) is 0 Å². The number of thiocarbonyl (C=S) groups is 1. The Hall–Kier alpha value is -2.71. The number of hydrogen-bond acceptors (Lipinski definition) is 3. The van der Waals surface area contributed by atoms with E-state index in [1.165, 1.54) is 0 Å². The van der Waals surface area contributed by atoms with Gasteiger partial charge in [0.1, 0.15) is 0 Å². The summed E-state index contributed by atoms with van der Waals surface area (Å²) in [5, 5.41) is 16.4. The molecule has 2 aromatic carbocycles. The van der Waals surface area contributed by atoms with E-state index in [4.69, 9.17) is 17.5 Å². The Morgan fingerprint density at radius 2 is 1.77 bits per heavy atom. The van der Waals surface area contributed by atoms with Gasteiger partial charge in [-0.05, 0) is 54.9 Å². The second-order valence-electron chi connectivity index (χ2n) is 4.82. The number of hydrazone groups is 1. The zero-order valence-electron chi connectivity index (χ0n) is 12.4. The van der Waals surface area contributed by atoms with Gasteiger partial charge >= 0.3 is 0 Å². The van der Waals surface area contributed by atoms with E-state index >= 15 is 0 Å². The van der Waals surface area contributed by atoms with Crippen molar-refractivity contribution in [2.45, 2.75) is 13.8 Å². The van der Waals surface area contributed by atoms with Crippen LogP contribution in [0.5, 0.6) is 0 Å². The SMILES string of the molecule is Cc1cccc(C)c1NC(=S)N/N=C/c1ccc(C#N)cc1. The molecule has 0 radical (unpaired) electrons. The first kappa shape index (κ1) is 15.7. The summed E-state index contributed by atoms with van der Waals surface area (Å²) in [6.45, 7) is 4.05. The minimum atomic E-state index is 0.433. The summed E-state index contributed by atoms with van der Waals surface area (Å²) in [5.41, 5.74) is 7.54. The molecule has 0 bridgehead atoms. The molecule has 0 heterocycles. The van der Waals surface area contributed by atoms with Crippen LogP contribution in [0, 0.1) is 25.2 Å². The van der Waals surface area contributed by atoms with Gasteiger partial charge in [-0.2, -0.15) is 10.4 Å². The minimum Gasteiger partial charge on any atom is -0.331 e. The van der Waals surface area contributed by atoms with Crippen molar-refractivity contribution < 1.29 is 0 Å². The Balaban J connectivity index is 1.95. The standard InChI is InChI=1S/C17H16N4S/c1-12-4-3-5-13(2)16(12)20-17(22)21-19-11-15-8-6-14(10-18)7-9-15/h3-9,11H,1-2H3,(H2,20,21,22)/b19-11+. The zero-order valence-corrected chi connectivity index (χ0v) is 13.2. The van der Waals surface area contributed by atoms with Crippen LogP contribution in [0.1, 0.15) is 22.3 Å². The van der Waals surface area contributed by atoms with Crippen molar-refractivity contribution in [1.82, 2.24) is 5.43 Å². The third-order valence-corrected chi connectivity index (χ3v) is 3.33. The third-order valence-electron chi connectivity index (χ3n) is 3.14. The Bertz CT molecular complexity index is 722. The molecule has 0 spiro atoms. The first-order chi connectivity index (χ1) is 10.6. The van der Waals surface area contributed by atoms with E-state index in [0.717, 1.165) is 22.4 Å². The van der Waals surface area contributed by atoms with E-state index in [1.54, 1.807) is 18.3 Å². The second kappa shape index (κ2) is 7.34. The molecule has 22 heavy (non-hydrogen) atoms. The first-order valence-corrected chi connectivity index (χ1v) is 7.17. The molecule has 0 aromatic heterocycles. The Morgan fingerprint density at radius 3 is 2.36 bits per heavy atom. The van der Waals surface area contributed by atoms with Crippen molar-refractivity contribution in [3.8, 4) is 6.07 Å². The summed E-state index contributed by atoms with van der Waals surface area (Å²) in [5.74, 6) is 0. The van der Waals surface area contributed by atoms with Gasteiger partial charge in [0.05, 0.1) is 17.8 Å². The van der Waals surface area contributed by atoms with Crippen molar-refractivity contribution in [2.75, 3.05) is 5.32 Å². The molecule has 110 valence electrons. The predicted molar refractivity (Wildman–Crippen MR) is 94.0 cm³/mol. The summed E-state index contributed by atoms with van der Waals surface area (Å²) in [6, 6.07) is 15.3. The topological polar surface area (TPSA) is 60.2 Å². The van der Waals surface area contributed by atoms with Crippen LogP contribution < -0.4 is 10.7 Å². The number of anilines is 1. The van der Waals surface area contributed by atoms with E-state index in [1.807, 2.05) is 44.2 Å². The molecule has 5 heteroatoms. The van der Waals surface area contributed by atoms with Crippen molar-refractivity contribution >= 4 is 29.2 Å². The number of nitrogens with one attached hydrogen (secondary N) is 2. The molecule has 2 aromatic rings. The van der Waals surface area contributed by atoms with E-state index in [0.29, 0.717) is 10.7 Å². The van der Waals surface area contributed by atoms with Crippen molar-refractivity contribution in [3.63, 3.8) is 0 Å². The summed E-state index contributed by atoms with van der Waals surface area (Å²) in [6.07, 6.45) is 1.65. The predicted octanol–water partition coefficient (Wildman–Crippen LogP) is 3.50. The molecule has 0 atom stereocenters. The molecule has 2 N–H and O–H groups in total. The molecule has 2 rings (SSSR count). The average Bonchev–Trinajstić information content (AvgIpc) is 2.52. The Labute approximate surface area is 135 Å². The number of nitrogens with zero attached hydrogens (tertiary/aromatic N) is 2. The van der Waals surface area contributed by atoms with E-state index in [9.17, 15) is 0 Å². The third kappa shape index (κ3) is 4.14. The quantitative estimate of drug-likeness (QED) is 0.517. The van der Waals surface area contributed by atoms with Gasteiger partial charge < -0.3 is 5.32 Å². The average molecular weight is 308 g/mol. The summed E-state index contributed by atoms with van der Waals surface area (Å²) < 4.78 is 0. The summed E-state index contributed by atoms with van der Waals surface area (Å²) in [4.78, 5) is 0. The van der Waals surface area contributed by atoms with Crippen LogP contribution in [-0.2, 0) is 0 Å². The molecule has 0 saturated carbocycles. The van der Waals surface area contributed by atoms with Gasteiger partial charge in [0.2, 0.25) is 0 Å². The Morgan fingerprint density at radius 1 is 1.14 bits per heavy atom. The van der Waals surface area contributed by atoms with Gasteiger partial charge in [0.25, 0.3) is 0 Å². The molecule has 0 amide bonds. The molecule has 0 unspecified atom stereocenters. The van der Waals surface area contributed by atoms with Crippen molar-refractivity contribution in [1.29, 1.82) is 5.26 Å². The van der Waals surface area contributed by atoms with Gasteiger partial charge in [-0.25, -0.2) is 0 Å². The monoisotopic (exact) mass is 308 g/mol. The smallest absolute Gasteiger partial charge is 0.191 e. The highest BCUT2D eigenvalue weighted by Crippen LogP contribution is 2.19. The van der Waals surface area contributed by atoms with Gasteiger partial charge in [-0.3, -0.25) is 5.43 Å². The molecule has 0 aliphatic rings. The summed E-state index contributed by atoms with van der Waals surface area (Å²) >= 11 is 5.23. The number of rotatable bonds is 3. The van der Waals surface area contributed by atoms with Crippen molar-refractivity contribution in [3.05, 3.63) is 64.7 Å². The molecule has 0 fully saturated rings. The number of hydrogen-bond donors (Lipinski definition) is 2. The highest BCUT2D eigenvalue weighted by molar-refractivity contribution is 7.80. The lowest BCUT2D eigenvalue weighted by Gasteiger charge is -2.12. The molecular weight excluding hydrogens is 292 g/mol. The highest BCUT2D eigenvalue weighted by Gasteiger charge is 2.03. The maximum atomic E-state index is 8.74. The van der Waals surface area contributed by atoms with Crippen LogP contribution in [0.3, 0.4) is 0 Å². The van der Waals surface area contributed by atoms with Crippen LogP contribution in [0.15, 0.2) is 47.6 Å². The lowest BCUT2D eigenvalue weighted by Crippen LogP contribution is -2.24. The fourth-order valence-electron chi connectivity index (χ4n) is 1.96. The largest absolute Gasteiger partial charge is 0.331 e. The van der Waals surface area contributed by atoms with Gasteiger partial charge in [-0.1, -0.05) is 30.3 Å². The number of aryl methyl sites for hydroxylation is 2. The second-order valence-corrected chi connectivity index (χ2v) is 5.23. The van der Waals surface area contributed by atoms with Crippen LogP contribution in [0.25, 0.3) is 0 Å².